The molecule has 2 rings (SSSR count). The molecule has 0 bridgehead atoms. The van der Waals surface area contributed by atoms with Crippen LogP contribution in [0.25, 0.3) is 0 Å². The molecule has 1 heteroatoms. The summed E-state index contributed by atoms with van der Waals surface area (Å²) >= 11 is 0. The average Bonchev–Trinajstić information content (AvgIpc) is 1.92. The molecular formula is C10H19N. The van der Waals surface area contributed by atoms with Crippen molar-refractivity contribution in [1.82, 2.24) is 4.90 Å². The van der Waals surface area contributed by atoms with Gasteiger partial charge in [0.25, 0.3) is 0 Å². The molecule has 1 saturated heterocycles. The van der Waals surface area contributed by atoms with Crippen molar-refractivity contribution in [2.45, 2.75) is 32.6 Å². The molecule has 0 aromatic heterocycles. The van der Waals surface area contributed by atoms with Gasteiger partial charge in [-0.1, -0.05) is 6.92 Å². The van der Waals surface area contributed by atoms with Gasteiger partial charge >= 0.3 is 0 Å². The predicted molar refractivity (Wildman–Crippen MR) is 47.6 cm³/mol. The van der Waals surface area contributed by atoms with Crippen molar-refractivity contribution in [3.05, 3.63) is 0 Å². The Bertz CT molecular complexity index is 137. The van der Waals surface area contributed by atoms with E-state index >= 15 is 0 Å². The largest absolute Gasteiger partial charge is 0.306 e. The molecule has 1 spiro atoms. The molecule has 0 aromatic rings. The third kappa shape index (κ3) is 1.31. The van der Waals surface area contributed by atoms with Gasteiger partial charge in [-0.05, 0) is 57.2 Å². The Morgan fingerprint density at radius 2 is 1.73 bits per heavy atom. The van der Waals surface area contributed by atoms with Crippen LogP contribution < -0.4 is 0 Å². The van der Waals surface area contributed by atoms with Crippen molar-refractivity contribution < 1.29 is 0 Å². The average molecular weight is 153 g/mol. The first-order valence-corrected chi connectivity index (χ1v) is 4.89. The van der Waals surface area contributed by atoms with Gasteiger partial charge in [0.15, 0.2) is 0 Å². The standard InChI is InChI=1S/C10H19N/c1-9-7-10(8-9)3-5-11(2)6-4-10/h9H,3-8H2,1-2H3. The van der Waals surface area contributed by atoms with Crippen LogP contribution in [0.15, 0.2) is 0 Å². The lowest BCUT2D eigenvalue weighted by molar-refractivity contribution is 0.000967. The highest BCUT2D eigenvalue weighted by Gasteiger charge is 2.42. The number of hydrogen-bond donors (Lipinski definition) is 0. The molecule has 0 radical (unpaired) electrons. The monoisotopic (exact) mass is 153 g/mol. The molecule has 64 valence electrons. The van der Waals surface area contributed by atoms with Crippen molar-refractivity contribution in [3.8, 4) is 0 Å². The molecule has 1 aliphatic carbocycles. The Kier molecular flexibility index (Phi) is 1.71. The normalized spacial score (nSPS) is 32.2. The molecule has 0 atom stereocenters. The van der Waals surface area contributed by atoms with E-state index in [1.807, 2.05) is 0 Å². The maximum absolute atomic E-state index is 2.47. The second-order valence-corrected chi connectivity index (χ2v) is 4.82. The fourth-order valence-corrected chi connectivity index (χ4v) is 2.92. The Hall–Kier alpha value is -0.0400. The summed E-state index contributed by atoms with van der Waals surface area (Å²) in [6.45, 7) is 5.07. The van der Waals surface area contributed by atoms with Crippen molar-refractivity contribution in [1.29, 1.82) is 0 Å². The third-order valence-electron chi connectivity index (χ3n) is 3.61. The van der Waals surface area contributed by atoms with Crippen LogP contribution in [0.4, 0.5) is 0 Å². The van der Waals surface area contributed by atoms with Crippen molar-refractivity contribution in [3.63, 3.8) is 0 Å². The summed E-state index contributed by atoms with van der Waals surface area (Å²) in [5, 5.41) is 0. The van der Waals surface area contributed by atoms with Crippen LogP contribution in [0.5, 0.6) is 0 Å². The van der Waals surface area contributed by atoms with E-state index in [4.69, 9.17) is 0 Å². The minimum atomic E-state index is 0.811. The van der Waals surface area contributed by atoms with Gasteiger partial charge in [-0.3, -0.25) is 0 Å². The molecule has 2 aliphatic rings. The summed E-state index contributed by atoms with van der Waals surface area (Å²) in [6.07, 6.45) is 5.96. The van der Waals surface area contributed by atoms with E-state index in [0.29, 0.717) is 0 Å². The zero-order chi connectivity index (χ0) is 7.90. The highest BCUT2D eigenvalue weighted by Crippen LogP contribution is 2.51. The Morgan fingerprint density at radius 3 is 2.18 bits per heavy atom. The summed E-state index contributed by atoms with van der Waals surface area (Å²) in [4.78, 5) is 2.47. The fourth-order valence-electron chi connectivity index (χ4n) is 2.92. The lowest BCUT2D eigenvalue weighted by atomic mass is 9.58. The van der Waals surface area contributed by atoms with Crippen molar-refractivity contribution in [2.24, 2.45) is 11.3 Å². The molecule has 1 aliphatic heterocycles. The summed E-state index contributed by atoms with van der Waals surface area (Å²) in [7, 11) is 2.24. The summed E-state index contributed by atoms with van der Waals surface area (Å²) in [5.74, 6) is 1.03. The van der Waals surface area contributed by atoms with Crippen LogP contribution in [0, 0.1) is 11.3 Å². The van der Waals surface area contributed by atoms with Gasteiger partial charge in [-0.2, -0.15) is 0 Å². The van der Waals surface area contributed by atoms with E-state index < -0.39 is 0 Å². The summed E-state index contributed by atoms with van der Waals surface area (Å²) < 4.78 is 0. The van der Waals surface area contributed by atoms with Crippen LogP contribution >= 0.6 is 0 Å². The van der Waals surface area contributed by atoms with Crippen LogP contribution in [0.2, 0.25) is 0 Å². The number of likely N-dealkylation sites (tertiary alicyclic amines) is 1. The van der Waals surface area contributed by atoms with Gasteiger partial charge < -0.3 is 4.90 Å². The van der Waals surface area contributed by atoms with Gasteiger partial charge in [0.2, 0.25) is 0 Å². The molecule has 11 heavy (non-hydrogen) atoms. The Balaban J connectivity index is 1.88. The minimum Gasteiger partial charge on any atom is -0.306 e. The zero-order valence-corrected chi connectivity index (χ0v) is 7.77. The quantitative estimate of drug-likeness (QED) is 0.515. The molecule has 1 nitrogen and oxygen atoms in total. The fraction of sp³-hybridized carbons (Fsp3) is 1.00. The van der Waals surface area contributed by atoms with Crippen LogP contribution in [-0.4, -0.2) is 25.0 Å². The third-order valence-corrected chi connectivity index (χ3v) is 3.61. The first kappa shape index (κ1) is 7.60. The second kappa shape index (κ2) is 2.48. The first-order chi connectivity index (χ1) is 5.20. The van der Waals surface area contributed by atoms with Gasteiger partial charge in [-0.25, -0.2) is 0 Å². The lowest BCUT2D eigenvalue weighted by Gasteiger charge is -2.51. The van der Waals surface area contributed by atoms with E-state index in [9.17, 15) is 0 Å². The van der Waals surface area contributed by atoms with Crippen molar-refractivity contribution >= 4 is 0 Å². The van der Waals surface area contributed by atoms with Crippen LogP contribution in [0.1, 0.15) is 32.6 Å². The minimum absolute atomic E-state index is 0.811. The molecule has 0 unspecified atom stereocenters. The molecule has 0 N–H and O–H groups in total. The van der Waals surface area contributed by atoms with Gasteiger partial charge in [0.05, 0.1) is 0 Å². The number of hydrogen-bond acceptors (Lipinski definition) is 1. The van der Waals surface area contributed by atoms with E-state index in [2.05, 4.69) is 18.9 Å². The molecule has 2 fully saturated rings. The van der Waals surface area contributed by atoms with E-state index in [1.165, 1.54) is 38.8 Å². The van der Waals surface area contributed by atoms with E-state index in [1.54, 1.807) is 0 Å². The second-order valence-electron chi connectivity index (χ2n) is 4.82. The SMILES string of the molecule is CC1CC2(CCN(C)CC2)C1. The highest BCUT2D eigenvalue weighted by molar-refractivity contribution is 4.94. The maximum atomic E-state index is 2.47. The van der Waals surface area contributed by atoms with Gasteiger partial charge in [0, 0.05) is 0 Å². The Morgan fingerprint density at radius 1 is 1.18 bits per heavy atom. The molecular weight excluding hydrogens is 134 g/mol. The Labute approximate surface area is 69.8 Å². The number of nitrogens with zero attached hydrogens (tertiary/aromatic N) is 1. The molecule has 0 amide bonds. The zero-order valence-electron chi connectivity index (χ0n) is 7.77. The molecule has 0 aromatic carbocycles. The van der Waals surface area contributed by atoms with E-state index in [0.717, 1.165) is 11.3 Å². The van der Waals surface area contributed by atoms with E-state index in [-0.39, 0.29) is 0 Å². The topological polar surface area (TPSA) is 3.24 Å². The number of piperidine rings is 1. The number of rotatable bonds is 0. The van der Waals surface area contributed by atoms with Crippen LogP contribution in [0.3, 0.4) is 0 Å². The molecule has 1 heterocycles. The summed E-state index contributed by atoms with van der Waals surface area (Å²) in [5.41, 5.74) is 0.811. The van der Waals surface area contributed by atoms with Gasteiger partial charge in [0.1, 0.15) is 0 Å². The van der Waals surface area contributed by atoms with Gasteiger partial charge in [-0.15, -0.1) is 0 Å². The van der Waals surface area contributed by atoms with Crippen molar-refractivity contribution in [2.75, 3.05) is 20.1 Å². The smallest absolute Gasteiger partial charge is 0.00165 e. The lowest BCUT2D eigenvalue weighted by Crippen LogP contribution is -2.45. The van der Waals surface area contributed by atoms with Crippen LogP contribution in [-0.2, 0) is 0 Å². The predicted octanol–water partition coefficient (Wildman–Crippen LogP) is 2.13. The summed E-state index contributed by atoms with van der Waals surface area (Å²) in [6, 6.07) is 0. The molecule has 1 saturated carbocycles. The first-order valence-electron chi connectivity index (χ1n) is 4.89. The maximum Gasteiger partial charge on any atom is -0.00165 e. The highest BCUT2D eigenvalue weighted by atomic mass is 15.1.